The van der Waals surface area contributed by atoms with Crippen molar-refractivity contribution in [3.63, 3.8) is 0 Å². The van der Waals surface area contributed by atoms with E-state index in [1.807, 2.05) is 18.2 Å². The molecule has 0 bridgehead atoms. The summed E-state index contributed by atoms with van der Waals surface area (Å²) in [7, 11) is 1.50. The van der Waals surface area contributed by atoms with E-state index in [9.17, 15) is 40.7 Å². The number of benzene rings is 2. The fraction of sp³-hybridized carbons (Fsp3) is 0.448. The van der Waals surface area contributed by atoms with Gasteiger partial charge in [-0.2, -0.15) is 31.4 Å². The molecule has 15 heteroatoms. The number of carbonyl (C=O) groups is 3. The number of nitrogens with zero attached hydrogens (tertiary/aromatic N) is 3. The smallest absolute Gasteiger partial charge is 0.416 e. The van der Waals surface area contributed by atoms with Crippen LogP contribution in [-0.2, 0) is 33.2 Å². The molecule has 1 fully saturated rings. The second kappa shape index (κ2) is 11.7. The molecule has 0 aromatic heterocycles. The lowest BCUT2D eigenvalue weighted by atomic mass is 9.73. The highest BCUT2D eigenvalue weighted by Crippen LogP contribution is 2.40. The number of carbonyl (C=O) groups excluding carboxylic acids is 3. The van der Waals surface area contributed by atoms with Crippen LogP contribution in [0.5, 0.6) is 5.75 Å². The Kier molecular flexibility index (Phi) is 8.75. The van der Waals surface area contributed by atoms with Crippen molar-refractivity contribution in [2.75, 3.05) is 26.7 Å². The van der Waals surface area contributed by atoms with Crippen LogP contribution in [0.15, 0.2) is 53.6 Å². The molecule has 2 heterocycles. The van der Waals surface area contributed by atoms with Crippen molar-refractivity contribution in [2.45, 2.75) is 50.6 Å². The number of likely N-dealkylation sites (tertiary alicyclic amines) is 1. The molecule has 0 unspecified atom stereocenters. The summed E-state index contributed by atoms with van der Waals surface area (Å²) in [6.07, 6.45) is -9.81. The Morgan fingerprint density at radius 2 is 1.64 bits per heavy atom. The van der Waals surface area contributed by atoms with E-state index in [2.05, 4.69) is 10.4 Å². The number of ether oxygens (including phenoxy) is 1. The highest BCUT2D eigenvalue weighted by atomic mass is 19.4. The molecule has 238 valence electrons. The van der Waals surface area contributed by atoms with Crippen LogP contribution < -0.4 is 15.8 Å². The first-order valence-electron chi connectivity index (χ1n) is 13.5. The van der Waals surface area contributed by atoms with Gasteiger partial charge in [0.2, 0.25) is 11.8 Å². The Morgan fingerprint density at radius 1 is 1.05 bits per heavy atom. The second-order valence-electron chi connectivity index (χ2n) is 11.4. The van der Waals surface area contributed by atoms with Crippen molar-refractivity contribution in [3.05, 3.63) is 65.2 Å². The Hall–Kier alpha value is -4.14. The molecule has 2 atom stereocenters. The summed E-state index contributed by atoms with van der Waals surface area (Å²) >= 11 is 0. The number of piperidine rings is 1. The van der Waals surface area contributed by atoms with Crippen molar-refractivity contribution in [1.29, 1.82) is 0 Å². The fourth-order valence-electron chi connectivity index (χ4n) is 5.14. The van der Waals surface area contributed by atoms with Crippen LogP contribution >= 0.6 is 0 Å². The number of nitrogens with one attached hydrogen (secondary N) is 1. The third-order valence-corrected chi connectivity index (χ3v) is 7.43. The summed E-state index contributed by atoms with van der Waals surface area (Å²) in [6, 6.07) is 8.17. The van der Waals surface area contributed by atoms with Crippen LogP contribution in [0.2, 0.25) is 0 Å². The minimum absolute atomic E-state index is 0.0527. The number of nitrogens with two attached hydrogens (primary N) is 1. The zero-order valence-corrected chi connectivity index (χ0v) is 24.1. The maximum Gasteiger partial charge on any atom is 0.416 e. The van der Waals surface area contributed by atoms with Crippen molar-refractivity contribution in [2.24, 2.45) is 16.3 Å². The molecule has 2 aromatic carbocycles. The number of hydrazone groups is 1. The standard InChI is InChI=1S/C29H31F6N5O4/c1-26(2,36)24(42)37-21(15-44-20-12-18(28(30,31)32)11-19(13-20)29(33,34)35)23(41)40-10-9-22-27(16-40,25(43)39(3)38-22)14-17-7-5-4-6-8-17/h4-8,11-13,21H,9-10,14-16,36H2,1-3H3,(H,37,42)/t21-,27-/m1/s1. The molecular formula is C29H31F6N5O4. The molecule has 2 aliphatic heterocycles. The minimum atomic E-state index is -5.12. The maximum atomic E-state index is 13.9. The van der Waals surface area contributed by atoms with Gasteiger partial charge in [-0.1, -0.05) is 30.3 Å². The van der Waals surface area contributed by atoms with Gasteiger partial charge in [-0.05, 0) is 44.0 Å². The number of amides is 3. The van der Waals surface area contributed by atoms with E-state index in [-0.39, 0.29) is 37.9 Å². The predicted molar refractivity (Wildman–Crippen MR) is 146 cm³/mol. The quantitative estimate of drug-likeness (QED) is 0.434. The van der Waals surface area contributed by atoms with Gasteiger partial charge < -0.3 is 20.7 Å². The third kappa shape index (κ3) is 6.98. The average Bonchev–Trinajstić information content (AvgIpc) is 3.18. The fourth-order valence-corrected chi connectivity index (χ4v) is 5.14. The van der Waals surface area contributed by atoms with E-state index >= 15 is 0 Å². The Labute approximate surface area is 249 Å². The van der Waals surface area contributed by atoms with E-state index < -0.39 is 64.6 Å². The van der Waals surface area contributed by atoms with Gasteiger partial charge in [-0.25, -0.2) is 5.01 Å². The molecular weight excluding hydrogens is 596 g/mol. The number of hydrogen-bond donors (Lipinski definition) is 2. The third-order valence-electron chi connectivity index (χ3n) is 7.43. The lowest BCUT2D eigenvalue weighted by Gasteiger charge is -2.40. The maximum absolute atomic E-state index is 13.9. The van der Waals surface area contributed by atoms with Crippen molar-refractivity contribution in [3.8, 4) is 5.75 Å². The largest absolute Gasteiger partial charge is 0.491 e. The van der Waals surface area contributed by atoms with Gasteiger partial charge >= 0.3 is 12.4 Å². The van der Waals surface area contributed by atoms with E-state index in [4.69, 9.17) is 10.5 Å². The van der Waals surface area contributed by atoms with Crippen molar-refractivity contribution >= 4 is 23.4 Å². The van der Waals surface area contributed by atoms with Crippen LogP contribution in [0, 0.1) is 5.41 Å². The number of fused-ring (bicyclic) bond motifs is 1. The van der Waals surface area contributed by atoms with Crippen molar-refractivity contribution < 1.29 is 45.5 Å². The first-order valence-corrected chi connectivity index (χ1v) is 13.5. The number of halogens is 6. The van der Waals surface area contributed by atoms with Crippen LogP contribution in [0.3, 0.4) is 0 Å². The zero-order valence-electron chi connectivity index (χ0n) is 24.1. The highest BCUT2D eigenvalue weighted by molar-refractivity contribution is 6.13. The lowest BCUT2D eigenvalue weighted by molar-refractivity contribution is -0.144. The van der Waals surface area contributed by atoms with Gasteiger partial charge in [0, 0.05) is 26.6 Å². The predicted octanol–water partition coefficient (Wildman–Crippen LogP) is 3.61. The molecule has 3 N–H and O–H groups in total. The monoisotopic (exact) mass is 627 g/mol. The van der Waals surface area contributed by atoms with Crippen LogP contribution in [-0.4, -0.2) is 71.7 Å². The molecule has 1 saturated heterocycles. The topological polar surface area (TPSA) is 117 Å². The molecule has 3 amide bonds. The molecule has 9 nitrogen and oxygen atoms in total. The van der Waals surface area contributed by atoms with Crippen molar-refractivity contribution in [1.82, 2.24) is 15.2 Å². The number of hydrogen-bond acceptors (Lipinski definition) is 6. The first kappa shape index (κ1) is 32.8. The lowest BCUT2D eigenvalue weighted by Crippen LogP contribution is -2.62. The second-order valence-corrected chi connectivity index (χ2v) is 11.4. The van der Waals surface area contributed by atoms with Gasteiger partial charge in [0.15, 0.2) is 0 Å². The molecule has 4 rings (SSSR count). The van der Waals surface area contributed by atoms with Gasteiger partial charge in [0.1, 0.15) is 23.8 Å². The SMILES string of the molecule is CN1N=C2CCN(C(=O)[C@@H](COc3cc(C(F)(F)F)cc(C(F)(F)F)c3)NC(=O)C(C)(C)N)C[C@@]2(Cc2ccccc2)C1=O. The summed E-state index contributed by atoms with van der Waals surface area (Å²) in [5, 5.41) is 7.99. The molecule has 2 aliphatic rings. The van der Waals surface area contributed by atoms with Gasteiger partial charge in [0.25, 0.3) is 5.91 Å². The number of alkyl halides is 6. The van der Waals surface area contributed by atoms with Crippen LogP contribution in [0.4, 0.5) is 26.3 Å². The molecule has 0 aliphatic carbocycles. The van der Waals surface area contributed by atoms with Gasteiger partial charge in [-0.3, -0.25) is 14.4 Å². The van der Waals surface area contributed by atoms with Gasteiger partial charge in [0.05, 0.1) is 22.4 Å². The summed E-state index contributed by atoms with van der Waals surface area (Å²) in [5.74, 6) is -2.75. The summed E-state index contributed by atoms with van der Waals surface area (Å²) < 4.78 is 85.5. The van der Waals surface area contributed by atoms with E-state index in [1.54, 1.807) is 12.1 Å². The molecule has 0 spiro atoms. The van der Waals surface area contributed by atoms with E-state index in [0.29, 0.717) is 17.8 Å². The highest BCUT2D eigenvalue weighted by Gasteiger charge is 2.54. The zero-order chi connectivity index (χ0) is 32.7. The summed E-state index contributed by atoms with van der Waals surface area (Å²) in [6.45, 7) is 1.81. The first-order chi connectivity index (χ1) is 20.3. The average molecular weight is 628 g/mol. The van der Waals surface area contributed by atoms with Crippen LogP contribution in [0.25, 0.3) is 0 Å². The molecule has 0 radical (unpaired) electrons. The number of rotatable bonds is 8. The molecule has 44 heavy (non-hydrogen) atoms. The van der Waals surface area contributed by atoms with Gasteiger partial charge in [-0.15, -0.1) is 0 Å². The Morgan fingerprint density at radius 3 is 2.18 bits per heavy atom. The summed E-state index contributed by atoms with van der Waals surface area (Å²) in [5.41, 5.74) is 1.32. The van der Waals surface area contributed by atoms with E-state index in [1.165, 1.54) is 30.8 Å². The molecule has 0 saturated carbocycles. The van der Waals surface area contributed by atoms with E-state index in [0.717, 1.165) is 5.56 Å². The molecule has 2 aromatic rings. The Balaban J connectivity index is 1.64. The van der Waals surface area contributed by atoms with Crippen LogP contribution in [0.1, 0.15) is 37.0 Å². The minimum Gasteiger partial charge on any atom is -0.491 e. The summed E-state index contributed by atoms with van der Waals surface area (Å²) in [4.78, 5) is 41.4. The normalized spacial score (nSPS) is 19.8. The Bertz CT molecular complexity index is 1420.